The van der Waals surface area contributed by atoms with E-state index in [1.54, 1.807) is 24.3 Å². The third-order valence-corrected chi connectivity index (χ3v) is 7.10. The van der Waals surface area contributed by atoms with Crippen molar-refractivity contribution in [1.82, 2.24) is 0 Å². The Morgan fingerprint density at radius 3 is 1.72 bits per heavy atom. The molecule has 47 heavy (non-hydrogen) atoms. The van der Waals surface area contributed by atoms with Gasteiger partial charge in [0, 0.05) is 0 Å². The van der Waals surface area contributed by atoms with Crippen LogP contribution in [0.3, 0.4) is 0 Å². The summed E-state index contributed by atoms with van der Waals surface area (Å²) in [5.74, 6) is 0.0907. The van der Waals surface area contributed by atoms with Crippen LogP contribution >= 0.6 is 0 Å². The van der Waals surface area contributed by atoms with Gasteiger partial charge in [0.1, 0.15) is 25.4 Å². The van der Waals surface area contributed by atoms with Crippen molar-refractivity contribution >= 4 is 36.6 Å². The van der Waals surface area contributed by atoms with Crippen LogP contribution in [0.25, 0.3) is 0 Å². The fourth-order valence-electron chi connectivity index (χ4n) is 4.91. The van der Waals surface area contributed by atoms with Gasteiger partial charge in [0.2, 0.25) is 0 Å². The van der Waals surface area contributed by atoms with E-state index < -0.39 is 42.7 Å². The predicted octanol–water partition coefficient (Wildman–Crippen LogP) is 7.77. The van der Waals surface area contributed by atoms with Gasteiger partial charge in [-0.25, -0.2) is 28.8 Å². The standard InChI is InChI=1S/C29H36N6O12/c1-42-24(36)30-32-26(38)44-17-20-8-5-9-21(15-20)18-45-27(39)33-31-25(37)43-14-13-19-7-6-12-23(16-19)47-29(41)35-34-28(40)46-22-10-3-2-4-11-22/h5,8-9,15,19,22-23H,2-4,6-7,10-14,16-18H2,1H3/b32-30+,33-31+,35-34+. The zero-order chi connectivity index (χ0) is 33.9. The number of rotatable bonds is 9. The van der Waals surface area contributed by atoms with Crippen molar-refractivity contribution in [2.24, 2.45) is 36.6 Å². The van der Waals surface area contributed by atoms with Crippen LogP contribution in [0.4, 0.5) is 28.8 Å². The van der Waals surface area contributed by atoms with Crippen molar-refractivity contribution in [2.45, 2.75) is 89.6 Å². The number of hydrogen-bond acceptors (Lipinski definition) is 12. The Kier molecular flexibility index (Phi) is 15.5. The summed E-state index contributed by atoms with van der Waals surface area (Å²) in [7, 11) is 1.08. The highest BCUT2D eigenvalue weighted by atomic mass is 16.6. The molecule has 0 saturated heterocycles. The summed E-state index contributed by atoms with van der Waals surface area (Å²) < 4.78 is 29.6. The number of benzene rings is 1. The normalized spacial score (nSPS) is 18.5. The van der Waals surface area contributed by atoms with Gasteiger partial charge >= 0.3 is 36.6 Å². The van der Waals surface area contributed by atoms with Crippen molar-refractivity contribution in [3.8, 4) is 0 Å². The summed E-state index contributed by atoms with van der Waals surface area (Å²) in [5.41, 5.74) is 1.06. The molecule has 0 radical (unpaired) electrons. The zero-order valence-corrected chi connectivity index (χ0v) is 25.8. The molecule has 2 aliphatic carbocycles. The highest BCUT2D eigenvalue weighted by Crippen LogP contribution is 2.29. The summed E-state index contributed by atoms with van der Waals surface area (Å²) >= 11 is 0. The van der Waals surface area contributed by atoms with Crippen LogP contribution < -0.4 is 0 Å². The Bertz CT molecular complexity index is 1340. The van der Waals surface area contributed by atoms with Crippen LogP contribution in [-0.4, -0.2) is 62.5 Å². The predicted molar refractivity (Wildman–Crippen MR) is 155 cm³/mol. The summed E-state index contributed by atoms with van der Waals surface area (Å²) in [6.45, 7) is -0.397. The molecule has 0 bridgehead atoms. The van der Waals surface area contributed by atoms with E-state index in [9.17, 15) is 28.8 Å². The average Bonchev–Trinajstić information content (AvgIpc) is 3.07. The number of amides is 6. The molecule has 0 spiro atoms. The molecule has 0 N–H and O–H groups in total. The molecule has 2 saturated carbocycles. The van der Waals surface area contributed by atoms with Crippen LogP contribution in [-0.2, 0) is 41.6 Å². The van der Waals surface area contributed by atoms with E-state index in [0.29, 0.717) is 30.4 Å². The maximum atomic E-state index is 12.0. The SMILES string of the molecule is COC(=O)/N=N/C(=O)OCc1cccc(COC(=O)/N=N/C(=O)OCCC2CCCC(OC(=O)/N=N/C(=O)OC3CCCCC3)C2)c1. The largest absolute Gasteiger partial charge is 0.452 e. The Labute approximate surface area is 269 Å². The zero-order valence-electron chi connectivity index (χ0n) is 25.8. The Morgan fingerprint density at radius 1 is 0.617 bits per heavy atom. The monoisotopic (exact) mass is 660 g/mol. The lowest BCUT2D eigenvalue weighted by Gasteiger charge is -2.27. The Balaban J connectivity index is 1.29. The summed E-state index contributed by atoms with van der Waals surface area (Å²) in [5, 5.41) is 19.0. The van der Waals surface area contributed by atoms with Crippen LogP contribution in [0, 0.1) is 5.92 Å². The lowest BCUT2D eigenvalue weighted by atomic mass is 9.85. The minimum absolute atomic E-state index is 0.00633. The van der Waals surface area contributed by atoms with Crippen LogP contribution in [0.15, 0.2) is 55.0 Å². The molecule has 2 atom stereocenters. The van der Waals surface area contributed by atoms with E-state index in [4.69, 9.17) is 23.7 Å². The Morgan fingerprint density at radius 2 is 1.13 bits per heavy atom. The number of carbonyl (C=O) groups excluding carboxylic acids is 6. The van der Waals surface area contributed by atoms with Gasteiger partial charge in [-0.1, -0.05) is 61.7 Å². The minimum atomic E-state index is -1.13. The van der Waals surface area contributed by atoms with Crippen LogP contribution in [0.1, 0.15) is 75.3 Å². The van der Waals surface area contributed by atoms with Crippen molar-refractivity contribution in [1.29, 1.82) is 0 Å². The van der Waals surface area contributed by atoms with Gasteiger partial charge in [-0.15, -0.1) is 0 Å². The van der Waals surface area contributed by atoms with E-state index in [2.05, 4.69) is 35.4 Å². The lowest BCUT2D eigenvalue weighted by Crippen LogP contribution is -2.25. The number of hydrogen-bond donors (Lipinski definition) is 0. The molecule has 0 aliphatic heterocycles. The fraction of sp³-hybridized carbons (Fsp3) is 0.586. The van der Waals surface area contributed by atoms with Gasteiger partial charge < -0.3 is 28.4 Å². The van der Waals surface area contributed by atoms with Gasteiger partial charge in [-0.05, 0) is 74.5 Å². The van der Waals surface area contributed by atoms with E-state index >= 15 is 0 Å². The number of carbonyl (C=O) groups is 6. The molecule has 0 aromatic heterocycles. The molecule has 1 aromatic carbocycles. The van der Waals surface area contributed by atoms with Gasteiger partial charge in [0.25, 0.3) is 0 Å². The molecule has 3 rings (SSSR count). The van der Waals surface area contributed by atoms with Crippen LogP contribution in [0.5, 0.6) is 0 Å². The summed E-state index contributed by atoms with van der Waals surface area (Å²) in [4.78, 5) is 70.0. The highest BCUT2D eigenvalue weighted by molar-refractivity contribution is 5.74. The van der Waals surface area contributed by atoms with Crippen molar-refractivity contribution in [3.63, 3.8) is 0 Å². The maximum absolute atomic E-state index is 12.0. The van der Waals surface area contributed by atoms with Crippen molar-refractivity contribution < 1.29 is 57.2 Å². The quantitative estimate of drug-likeness (QED) is 0.182. The van der Waals surface area contributed by atoms with Crippen molar-refractivity contribution in [3.05, 3.63) is 35.4 Å². The molecule has 2 unspecified atom stereocenters. The highest BCUT2D eigenvalue weighted by Gasteiger charge is 2.25. The number of nitrogens with zero attached hydrogens (tertiary/aromatic N) is 6. The molecule has 254 valence electrons. The smallest absolute Gasteiger partial charge is 0.450 e. The van der Waals surface area contributed by atoms with Crippen molar-refractivity contribution in [2.75, 3.05) is 13.7 Å². The van der Waals surface area contributed by atoms with E-state index in [1.165, 1.54) is 0 Å². The Hall–Kier alpha value is -5.16. The first-order valence-electron chi connectivity index (χ1n) is 15.0. The van der Waals surface area contributed by atoms with E-state index in [0.717, 1.165) is 52.1 Å². The van der Waals surface area contributed by atoms with Gasteiger partial charge in [-0.3, -0.25) is 0 Å². The number of ether oxygens (including phenoxy) is 6. The van der Waals surface area contributed by atoms with Gasteiger partial charge in [0.05, 0.1) is 13.7 Å². The molecule has 18 heteroatoms. The molecule has 18 nitrogen and oxygen atoms in total. The second kappa shape index (κ2) is 20.1. The maximum Gasteiger partial charge on any atom is 0.452 e. The van der Waals surface area contributed by atoms with Crippen LogP contribution in [0.2, 0.25) is 0 Å². The molecular weight excluding hydrogens is 624 g/mol. The molecule has 6 amide bonds. The van der Waals surface area contributed by atoms with Gasteiger partial charge in [-0.2, -0.15) is 0 Å². The molecule has 1 aromatic rings. The first-order valence-corrected chi connectivity index (χ1v) is 15.0. The molecular formula is C29H36N6O12. The first kappa shape index (κ1) is 36.3. The molecule has 2 aliphatic rings. The molecule has 2 fully saturated rings. The number of methoxy groups -OCH3 is 1. The van der Waals surface area contributed by atoms with E-state index in [-0.39, 0.29) is 31.8 Å². The summed E-state index contributed by atoms with van der Waals surface area (Å²) in [6, 6.07) is 6.48. The molecule has 0 heterocycles. The van der Waals surface area contributed by atoms with E-state index in [1.807, 2.05) is 0 Å². The third kappa shape index (κ3) is 15.1. The first-order chi connectivity index (χ1) is 22.7. The second-order valence-corrected chi connectivity index (χ2v) is 10.6. The third-order valence-electron chi connectivity index (χ3n) is 7.10. The number of azo groups is 3. The fourth-order valence-corrected chi connectivity index (χ4v) is 4.91. The summed E-state index contributed by atoms with van der Waals surface area (Å²) in [6.07, 6.45) is 1.02. The van der Waals surface area contributed by atoms with Gasteiger partial charge in [0.15, 0.2) is 0 Å². The second-order valence-electron chi connectivity index (χ2n) is 10.6. The minimum Gasteiger partial charge on any atom is -0.450 e. The topological polar surface area (TPSA) is 232 Å². The average molecular weight is 661 g/mol. The lowest BCUT2D eigenvalue weighted by molar-refractivity contribution is 0.0570.